The van der Waals surface area contributed by atoms with Gasteiger partial charge in [-0.05, 0) is 18.9 Å². The van der Waals surface area contributed by atoms with Gasteiger partial charge in [-0.25, -0.2) is 0 Å². The average Bonchev–Trinajstić information content (AvgIpc) is 1.87. The zero-order valence-corrected chi connectivity index (χ0v) is 6.72. The lowest BCUT2D eigenvalue weighted by molar-refractivity contribution is -0.299. The molecule has 0 aliphatic heterocycles. The number of hydrogen-bond acceptors (Lipinski definition) is 4. The number of carboxylic acid groups (broad SMARTS) is 1. The van der Waals surface area contributed by atoms with Gasteiger partial charge in [0.25, 0.3) is 0 Å². The highest BCUT2D eigenvalue weighted by atomic mass is 16.5. The molecule has 0 aliphatic carbocycles. The van der Waals surface area contributed by atoms with Crippen molar-refractivity contribution in [2.75, 3.05) is 13.7 Å². The standard InChI is InChI=1S/C7H13NO3/c1-5(8)6(7(9)10)3-4-11-2/h3-4,8H2,1-2H3,(H,9,10)/p-1/b6-5-. The van der Waals surface area contributed by atoms with E-state index in [1.807, 2.05) is 0 Å². The first-order valence-electron chi connectivity index (χ1n) is 3.25. The number of nitrogens with two attached hydrogens (primary N) is 1. The highest BCUT2D eigenvalue weighted by Crippen LogP contribution is 2.02. The maximum Gasteiger partial charge on any atom is 0.0692 e. The van der Waals surface area contributed by atoms with Crippen LogP contribution in [0.1, 0.15) is 13.3 Å². The Balaban J connectivity index is 4.14. The number of aliphatic carboxylic acids is 1. The van der Waals surface area contributed by atoms with Crippen molar-refractivity contribution in [3.8, 4) is 0 Å². The molecule has 11 heavy (non-hydrogen) atoms. The normalized spacial score (nSPS) is 12.5. The molecule has 0 fully saturated rings. The van der Waals surface area contributed by atoms with Crippen molar-refractivity contribution in [2.24, 2.45) is 5.73 Å². The van der Waals surface area contributed by atoms with Crippen LogP contribution < -0.4 is 10.8 Å². The van der Waals surface area contributed by atoms with Crippen molar-refractivity contribution in [3.63, 3.8) is 0 Å². The fourth-order valence-corrected chi connectivity index (χ4v) is 0.664. The minimum Gasteiger partial charge on any atom is -0.545 e. The van der Waals surface area contributed by atoms with Crippen LogP contribution in [-0.2, 0) is 9.53 Å². The first kappa shape index (κ1) is 9.97. The monoisotopic (exact) mass is 158 g/mol. The molecule has 0 aromatic carbocycles. The molecule has 0 radical (unpaired) electrons. The third-order valence-electron chi connectivity index (χ3n) is 1.28. The predicted molar refractivity (Wildman–Crippen MR) is 38.4 cm³/mol. The van der Waals surface area contributed by atoms with Crippen LogP contribution in [0.15, 0.2) is 11.3 Å². The number of ether oxygens (including phenoxy) is 1. The maximum absolute atomic E-state index is 10.3. The fourth-order valence-electron chi connectivity index (χ4n) is 0.664. The van der Waals surface area contributed by atoms with E-state index in [1.165, 1.54) is 14.0 Å². The molecule has 0 saturated heterocycles. The number of carbonyl (C=O) groups is 1. The first-order chi connectivity index (χ1) is 5.09. The molecule has 0 saturated carbocycles. The van der Waals surface area contributed by atoms with Crippen molar-refractivity contribution >= 4 is 5.97 Å². The van der Waals surface area contributed by atoms with Gasteiger partial charge < -0.3 is 20.4 Å². The highest BCUT2D eigenvalue weighted by Gasteiger charge is 2.00. The maximum atomic E-state index is 10.3. The topological polar surface area (TPSA) is 75.4 Å². The molecule has 0 amide bonds. The molecule has 0 aromatic heterocycles. The minimum atomic E-state index is -1.22. The molecule has 0 spiro atoms. The van der Waals surface area contributed by atoms with E-state index in [0.29, 0.717) is 13.0 Å². The van der Waals surface area contributed by atoms with Crippen LogP contribution >= 0.6 is 0 Å². The minimum absolute atomic E-state index is 0.117. The zero-order valence-electron chi connectivity index (χ0n) is 6.72. The molecule has 64 valence electrons. The Labute approximate surface area is 65.6 Å². The van der Waals surface area contributed by atoms with Gasteiger partial charge >= 0.3 is 0 Å². The van der Waals surface area contributed by atoms with E-state index in [0.717, 1.165) is 0 Å². The summed E-state index contributed by atoms with van der Waals surface area (Å²) in [6.45, 7) is 1.87. The summed E-state index contributed by atoms with van der Waals surface area (Å²) in [6, 6.07) is 0. The zero-order chi connectivity index (χ0) is 8.85. The number of hydrogen-bond donors (Lipinski definition) is 1. The third kappa shape index (κ3) is 3.62. The second-order valence-electron chi connectivity index (χ2n) is 2.19. The number of allylic oxidation sites excluding steroid dienone is 1. The molecule has 4 heteroatoms. The van der Waals surface area contributed by atoms with Crippen LogP contribution in [0.5, 0.6) is 0 Å². The molecule has 0 heterocycles. The summed E-state index contributed by atoms with van der Waals surface area (Å²) >= 11 is 0. The molecule has 2 N–H and O–H groups in total. The van der Waals surface area contributed by atoms with Crippen molar-refractivity contribution < 1.29 is 14.6 Å². The Morgan fingerprint density at radius 3 is 2.45 bits per heavy atom. The van der Waals surface area contributed by atoms with Crippen LogP contribution in [0.3, 0.4) is 0 Å². The second-order valence-corrected chi connectivity index (χ2v) is 2.19. The van der Waals surface area contributed by atoms with Gasteiger partial charge in [0.1, 0.15) is 0 Å². The van der Waals surface area contributed by atoms with Crippen LogP contribution in [0, 0.1) is 0 Å². The van der Waals surface area contributed by atoms with E-state index >= 15 is 0 Å². The summed E-state index contributed by atoms with van der Waals surface area (Å²) < 4.78 is 4.69. The van der Waals surface area contributed by atoms with E-state index in [2.05, 4.69) is 0 Å². The van der Waals surface area contributed by atoms with Crippen LogP contribution in [-0.4, -0.2) is 19.7 Å². The predicted octanol–water partition coefficient (Wildman–Crippen LogP) is -0.994. The number of rotatable bonds is 4. The van der Waals surface area contributed by atoms with E-state index in [9.17, 15) is 9.90 Å². The second kappa shape index (κ2) is 4.73. The van der Waals surface area contributed by atoms with Gasteiger partial charge in [-0.3, -0.25) is 0 Å². The number of carboxylic acids is 1. The Morgan fingerprint density at radius 1 is 1.64 bits per heavy atom. The van der Waals surface area contributed by atoms with Gasteiger partial charge in [0.2, 0.25) is 0 Å². The number of methoxy groups -OCH3 is 1. The van der Waals surface area contributed by atoms with E-state index < -0.39 is 5.97 Å². The third-order valence-corrected chi connectivity index (χ3v) is 1.28. The summed E-state index contributed by atoms with van der Waals surface area (Å²) in [5.74, 6) is -1.22. The quantitative estimate of drug-likeness (QED) is 0.533. The van der Waals surface area contributed by atoms with Crippen LogP contribution in [0.4, 0.5) is 0 Å². The molecule has 0 aromatic rings. The van der Waals surface area contributed by atoms with Crippen molar-refractivity contribution in [3.05, 3.63) is 11.3 Å². The van der Waals surface area contributed by atoms with Gasteiger partial charge in [0.05, 0.1) is 12.6 Å². The lowest BCUT2D eigenvalue weighted by atomic mass is 10.1. The summed E-state index contributed by atoms with van der Waals surface area (Å²) in [5, 5.41) is 10.3. The Hall–Kier alpha value is -1.03. The molecule has 0 aliphatic rings. The van der Waals surface area contributed by atoms with Gasteiger partial charge in [-0.1, -0.05) is 0 Å². The van der Waals surface area contributed by atoms with E-state index in [4.69, 9.17) is 10.5 Å². The van der Waals surface area contributed by atoms with Crippen molar-refractivity contribution in [2.45, 2.75) is 13.3 Å². The van der Waals surface area contributed by atoms with Gasteiger partial charge in [-0.2, -0.15) is 0 Å². The van der Waals surface area contributed by atoms with Gasteiger partial charge in [0, 0.05) is 12.8 Å². The fraction of sp³-hybridized carbons (Fsp3) is 0.571. The Morgan fingerprint density at radius 2 is 2.18 bits per heavy atom. The lowest BCUT2D eigenvalue weighted by Crippen LogP contribution is -2.27. The van der Waals surface area contributed by atoms with Crippen LogP contribution in [0.2, 0.25) is 0 Å². The molecule has 4 nitrogen and oxygen atoms in total. The lowest BCUT2D eigenvalue weighted by Gasteiger charge is -2.09. The number of carbonyl (C=O) groups excluding carboxylic acids is 1. The molecule has 0 unspecified atom stereocenters. The highest BCUT2D eigenvalue weighted by molar-refractivity contribution is 5.85. The average molecular weight is 158 g/mol. The van der Waals surface area contributed by atoms with Gasteiger partial charge in [-0.15, -0.1) is 0 Å². The molecule has 0 atom stereocenters. The Kier molecular flexibility index (Phi) is 4.29. The smallest absolute Gasteiger partial charge is 0.0692 e. The first-order valence-corrected chi connectivity index (χ1v) is 3.25. The van der Waals surface area contributed by atoms with E-state index in [-0.39, 0.29) is 11.3 Å². The summed E-state index contributed by atoms with van der Waals surface area (Å²) in [6.07, 6.45) is 0.293. The molecule has 0 bridgehead atoms. The van der Waals surface area contributed by atoms with E-state index in [1.54, 1.807) is 0 Å². The largest absolute Gasteiger partial charge is 0.545 e. The summed E-state index contributed by atoms with van der Waals surface area (Å²) in [7, 11) is 1.50. The van der Waals surface area contributed by atoms with Crippen molar-refractivity contribution in [1.29, 1.82) is 0 Å². The SMILES string of the molecule is COCC/C(C(=O)[O-])=C(\C)N. The molecule has 0 rings (SSSR count). The molecular formula is C7H12NO3-. The summed E-state index contributed by atoms with van der Waals surface area (Å²) in [4.78, 5) is 10.3. The van der Waals surface area contributed by atoms with Gasteiger partial charge in [0.15, 0.2) is 0 Å². The Bertz CT molecular complexity index is 171. The summed E-state index contributed by atoms with van der Waals surface area (Å²) in [5.41, 5.74) is 5.68. The van der Waals surface area contributed by atoms with Crippen LogP contribution in [0.25, 0.3) is 0 Å². The van der Waals surface area contributed by atoms with Crippen molar-refractivity contribution in [1.82, 2.24) is 0 Å². The molecular weight excluding hydrogens is 146 g/mol.